The summed E-state index contributed by atoms with van der Waals surface area (Å²) in [4.78, 5) is 0. The first-order chi connectivity index (χ1) is 9.85. The van der Waals surface area contributed by atoms with Gasteiger partial charge in [0.15, 0.2) is 0 Å². The fourth-order valence-corrected chi connectivity index (χ4v) is 3.55. The summed E-state index contributed by atoms with van der Waals surface area (Å²) in [6.07, 6.45) is 0. The number of benzene rings is 1. The van der Waals surface area contributed by atoms with E-state index in [1.165, 1.54) is 0 Å². The van der Waals surface area contributed by atoms with E-state index in [0.29, 0.717) is 33.0 Å². The number of rotatable bonds is 5. The number of sulfonamides is 1. The second-order valence-corrected chi connectivity index (χ2v) is 7.26. The van der Waals surface area contributed by atoms with Crippen molar-refractivity contribution < 1.29 is 8.42 Å². The highest BCUT2D eigenvalue weighted by molar-refractivity contribution is 9.10. The van der Waals surface area contributed by atoms with Crippen LogP contribution in [0.3, 0.4) is 0 Å². The second-order valence-electron chi connectivity index (χ2n) is 4.40. The molecule has 0 spiro atoms. The summed E-state index contributed by atoms with van der Waals surface area (Å²) in [5.41, 5.74) is 1.72. The predicted octanol–water partition coefficient (Wildman–Crippen LogP) is 2.65. The Morgan fingerprint density at radius 2 is 2.14 bits per heavy atom. The molecule has 2 aromatic rings. The first-order valence-corrected chi connectivity index (χ1v) is 8.67. The molecule has 0 radical (unpaired) electrons. The molecule has 0 fully saturated rings. The molecule has 0 aliphatic heterocycles. The molecule has 0 atom stereocenters. The molecule has 0 amide bonds. The van der Waals surface area contributed by atoms with Crippen LogP contribution in [-0.2, 0) is 16.6 Å². The highest BCUT2D eigenvalue weighted by atomic mass is 79.9. The van der Waals surface area contributed by atoms with Crippen molar-refractivity contribution >= 4 is 43.2 Å². The minimum Gasteiger partial charge on any atom is -0.316 e. The summed E-state index contributed by atoms with van der Waals surface area (Å²) in [6, 6.07) is 4.78. The Bertz CT molecular complexity index is 761. The van der Waals surface area contributed by atoms with Crippen LogP contribution in [-0.4, -0.2) is 25.7 Å². The van der Waals surface area contributed by atoms with Gasteiger partial charge in [-0.05, 0) is 48.1 Å². The van der Waals surface area contributed by atoms with Crippen molar-refractivity contribution in [2.75, 3.05) is 11.8 Å². The fourth-order valence-electron chi connectivity index (χ4n) is 1.80. The number of hydrogen-bond acceptors (Lipinski definition) is 4. The van der Waals surface area contributed by atoms with Gasteiger partial charge in [-0.1, -0.05) is 11.6 Å². The summed E-state index contributed by atoms with van der Waals surface area (Å²) >= 11 is 9.14. The quantitative estimate of drug-likeness (QED) is 0.729. The van der Waals surface area contributed by atoms with Crippen LogP contribution in [0.5, 0.6) is 0 Å². The number of nitrogens with one attached hydrogen (secondary N) is 3. The zero-order valence-electron chi connectivity index (χ0n) is 11.4. The first-order valence-electron chi connectivity index (χ1n) is 6.01. The van der Waals surface area contributed by atoms with Crippen LogP contribution >= 0.6 is 27.5 Å². The molecule has 114 valence electrons. The number of hydrogen-bond donors (Lipinski definition) is 3. The van der Waals surface area contributed by atoms with Gasteiger partial charge < -0.3 is 5.32 Å². The van der Waals surface area contributed by atoms with Crippen LogP contribution in [0.15, 0.2) is 27.7 Å². The standard InChI is InChI=1S/C12H14BrClN4O2S/c1-7-9(6-15-2)12(17-16-7)21(19,20)18-8-3-4-11(14)10(13)5-8/h3-5,15,18H,6H2,1-2H3,(H,16,17). The third-order valence-corrected chi connectivity index (χ3v) is 5.38. The number of H-pyrrole nitrogens is 1. The van der Waals surface area contributed by atoms with E-state index >= 15 is 0 Å². The van der Waals surface area contributed by atoms with Gasteiger partial charge in [-0.15, -0.1) is 0 Å². The van der Waals surface area contributed by atoms with E-state index in [4.69, 9.17) is 11.6 Å². The highest BCUT2D eigenvalue weighted by Crippen LogP contribution is 2.27. The average Bonchev–Trinajstić information content (AvgIpc) is 2.77. The predicted molar refractivity (Wildman–Crippen MR) is 86.0 cm³/mol. The van der Waals surface area contributed by atoms with Crippen LogP contribution < -0.4 is 10.0 Å². The van der Waals surface area contributed by atoms with Crippen LogP contribution in [0.1, 0.15) is 11.3 Å². The smallest absolute Gasteiger partial charge is 0.281 e. The number of anilines is 1. The molecule has 3 N–H and O–H groups in total. The number of nitrogens with zero attached hydrogens (tertiary/aromatic N) is 1. The van der Waals surface area contributed by atoms with Crippen LogP contribution in [0.25, 0.3) is 0 Å². The molecule has 21 heavy (non-hydrogen) atoms. The van der Waals surface area contributed by atoms with E-state index in [2.05, 4.69) is 36.2 Å². The monoisotopic (exact) mass is 392 g/mol. The maximum Gasteiger partial charge on any atom is 0.281 e. The molecule has 9 heteroatoms. The zero-order chi connectivity index (χ0) is 15.6. The first kappa shape index (κ1) is 16.3. The minimum absolute atomic E-state index is 0.0135. The molecule has 1 heterocycles. The molecule has 0 bridgehead atoms. The van der Waals surface area contributed by atoms with E-state index in [-0.39, 0.29) is 5.03 Å². The van der Waals surface area contributed by atoms with Crippen LogP contribution in [0.4, 0.5) is 5.69 Å². The van der Waals surface area contributed by atoms with Crippen molar-refractivity contribution in [3.8, 4) is 0 Å². The average molecular weight is 394 g/mol. The van der Waals surface area contributed by atoms with Gasteiger partial charge in [-0.2, -0.15) is 13.5 Å². The Balaban J connectivity index is 2.36. The molecule has 0 aliphatic rings. The molecule has 0 saturated heterocycles. The summed E-state index contributed by atoms with van der Waals surface area (Å²) < 4.78 is 28.0. The van der Waals surface area contributed by atoms with E-state index < -0.39 is 10.0 Å². The summed E-state index contributed by atoms with van der Waals surface area (Å²) in [6.45, 7) is 2.18. The fraction of sp³-hybridized carbons (Fsp3) is 0.250. The van der Waals surface area contributed by atoms with Crippen molar-refractivity contribution in [1.29, 1.82) is 0 Å². The largest absolute Gasteiger partial charge is 0.316 e. The second kappa shape index (κ2) is 6.35. The van der Waals surface area contributed by atoms with Gasteiger partial charge in [0.1, 0.15) is 0 Å². The molecule has 0 saturated carbocycles. The van der Waals surface area contributed by atoms with Crippen molar-refractivity contribution in [3.05, 3.63) is 39.0 Å². The molecule has 1 aromatic carbocycles. The number of aromatic nitrogens is 2. The van der Waals surface area contributed by atoms with Crippen molar-refractivity contribution in [2.45, 2.75) is 18.5 Å². The third-order valence-electron chi connectivity index (χ3n) is 2.82. The lowest BCUT2D eigenvalue weighted by atomic mass is 10.3. The molecule has 0 aliphatic carbocycles. The topological polar surface area (TPSA) is 86.9 Å². The van der Waals surface area contributed by atoms with Gasteiger partial charge in [0.05, 0.1) is 10.7 Å². The Labute approximate surface area is 136 Å². The number of halogens is 2. The van der Waals surface area contributed by atoms with Gasteiger partial charge in [-0.3, -0.25) is 9.82 Å². The van der Waals surface area contributed by atoms with E-state index in [0.717, 1.165) is 0 Å². The molecule has 1 aromatic heterocycles. The van der Waals surface area contributed by atoms with Gasteiger partial charge in [0.25, 0.3) is 10.0 Å². The summed E-state index contributed by atoms with van der Waals surface area (Å²) in [5.74, 6) is 0. The third kappa shape index (κ3) is 3.57. The van der Waals surface area contributed by atoms with Crippen LogP contribution in [0.2, 0.25) is 5.02 Å². The lowest BCUT2D eigenvalue weighted by Crippen LogP contribution is -2.17. The van der Waals surface area contributed by atoms with Gasteiger partial charge >= 0.3 is 0 Å². The van der Waals surface area contributed by atoms with Crippen molar-refractivity contribution in [2.24, 2.45) is 0 Å². The molecular weight excluding hydrogens is 380 g/mol. The van der Waals surface area contributed by atoms with E-state index in [9.17, 15) is 8.42 Å². The highest BCUT2D eigenvalue weighted by Gasteiger charge is 2.23. The minimum atomic E-state index is -3.77. The molecule has 0 unspecified atom stereocenters. The Kier molecular flexibility index (Phi) is 4.92. The van der Waals surface area contributed by atoms with Crippen molar-refractivity contribution in [3.63, 3.8) is 0 Å². The lowest BCUT2D eigenvalue weighted by Gasteiger charge is -2.09. The van der Waals surface area contributed by atoms with Crippen molar-refractivity contribution in [1.82, 2.24) is 15.5 Å². The molecule has 2 rings (SSSR count). The van der Waals surface area contributed by atoms with Gasteiger partial charge in [-0.25, -0.2) is 0 Å². The van der Waals surface area contributed by atoms with Crippen LogP contribution in [0, 0.1) is 6.92 Å². The SMILES string of the molecule is CNCc1c(S(=O)(=O)Nc2ccc(Cl)c(Br)c2)n[nH]c1C. The molecular formula is C12H14BrClN4O2S. The Hall–Kier alpha value is -1.09. The zero-order valence-corrected chi connectivity index (χ0v) is 14.5. The molecule has 6 nitrogen and oxygen atoms in total. The maximum absolute atomic E-state index is 12.4. The van der Waals surface area contributed by atoms with Gasteiger partial charge in [0.2, 0.25) is 5.03 Å². The summed E-state index contributed by atoms with van der Waals surface area (Å²) in [7, 11) is -2.03. The van der Waals surface area contributed by atoms with E-state index in [1.807, 2.05) is 0 Å². The Morgan fingerprint density at radius 3 is 2.76 bits per heavy atom. The normalized spacial score (nSPS) is 11.6. The van der Waals surface area contributed by atoms with Gasteiger partial charge in [0, 0.05) is 22.3 Å². The lowest BCUT2D eigenvalue weighted by molar-refractivity contribution is 0.595. The number of aryl methyl sites for hydroxylation is 1. The van der Waals surface area contributed by atoms with E-state index in [1.54, 1.807) is 32.2 Å². The summed E-state index contributed by atoms with van der Waals surface area (Å²) in [5, 5.41) is 10.0. The maximum atomic E-state index is 12.4. The Morgan fingerprint density at radius 1 is 1.43 bits per heavy atom. The number of aromatic amines is 1.